The van der Waals surface area contributed by atoms with Gasteiger partial charge in [-0.1, -0.05) is 49.1 Å². The SMILES string of the molecule is COc1cc2ncnc(Oc3ccc(Cl)c(NC(=O)N(Nc4cc(Oc5ncnc6cc(OC)c(OC)cc56)ccc4Cl)c4cc(C(C)(C)C)on4)c3)c2cc1OC. The molecule has 58 heavy (non-hydrogen) atoms. The third-order valence-corrected chi connectivity index (χ3v) is 9.32. The second-order valence-electron chi connectivity index (χ2n) is 13.5. The Bertz CT molecular complexity index is 2650. The van der Waals surface area contributed by atoms with Gasteiger partial charge < -0.3 is 38.3 Å². The van der Waals surface area contributed by atoms with Gasteiger partial charge in [-0.3, -0.25) is 5.43 Å². The lowest BCUT2D eigenvalue weighted by atomic mass is 9.93. The van der Waals surface area contributed by atoms with Crippen LogP contribution in [0.15, 0.2) is 83.9 Å². The summed E-state index contributed by atoms with van der Waals surface area (Å²) in [5.74, 6) is 3.70. The van der Waals surface area contributed by atoms with Gasteiger partial charge in [-0.2, -0.15) is 5.01 Å². The molecule has 2 amide bonds. The number of carbonyl (C=O) groups is 1. The average molecular weight is 828 g/mol. The third-order valence-electron chi connectivity index (χ3n) is 8.66. The number of nitrogens with one attached hydrogen (secondary N) is 2. The Kier molecular flexibility index (Phi) is 11.1. The molecule has 4 aromatic carbocycles. The van der Waals surface area contributed by atoms with E-state index in [9.17, 15) is 4.79 Å². The molecule has 3 aromatic heterocycles. The standard InChI is InChI=1S/C40H36Cl2N8O8/c1-40(2,3)35-18-36(49-58-35)50(48-30-13-22(9-11-26(30)42)57-38-24-15-32(53-5)34(55-7)17-28(24)44-20-46-38)39(51)47-29-12-21(8-10-25(29)41)56-37-23-14-31(52-4)33(54-6)16-27(23)43-19-45-37/h8-20,48H,1-7H3,(H,47,51). The van der Waals surface area contributed by atoms with Crippen molar-refractivity contribution in [2.45, 2.75) is 26.2 Å². The summed E-state index contributed by atoms with van der Waals surface area (Å²) in [5.41, 5.74) is 4.25. The van der Waals surface area contributed by atoms with Crippen molar-refractivity contribution in [3.8, 4) is 46.3 Å². The lowest BCUT2D eigenvalue weighted by Crippen LogP contribution is -2.40. The molecule has 0 saturated heterocycles. The van der Waals surface area contributed by atoms with Crippen molar-refractivity contribution in [2.24, 2.45) is 0 Å². The van der Waals surface area contributed by atoms with Crippen LogP contribution in [0.4, 0.5) is 22.0 Å². The number of hydrazine groups is 1. The molecule has 0 aliphatic rings. The molecule has 0 atom stereocenters. The second-order valence-corrected chi connectivity index (χ2v) is 14.3. The Morgan fingerprint density at radius 3 is 1.62 bits per heavy atom. The number of hydrogen-bond donors (Lipinski definition) is 2. The summed E-state index contributed by atoms with van der Waals surface area (Å²) in [6.45, 7) is 5.86. The van der Waals surface area contributed by atoms with E-state index in [-0.39, 0.29) is 39.0 Å². The molecule has 0 aliphatic heterocycles. The zero-order valence-electron chi connectivity index (χ0n) is 32.2. The quantitative estimate of drug-likeness (QED) is 0.111. The molecule has 0 fully saturated rings. The maximum atomic E-state index is 14.3. The number of benzene rings is 4. The van der Waals surface area contributed by atoms with Crippen LogP contribution in [0.5, 0.6) is 46.3 Å². The Labute approximate surface area is 341 Å². The molecule has 0 spiro atoms. The van der Waals surface area contributed by atoms with E-state index in [2.05, 4.69) is 35.8 Å². The van der Waals surface area contributed by atoms with E-state index in [1.807, 2.05) is 20.8 Å². The van der Waals surface area contributed by atoms with Crippen LogP contribution in [-0.2, 0) is 5.41 Å². The zero-order chi connectivity index (χ0) is 41.1. The number of carbonyl (C=O) groups excluding carboxylic acids is 1. The normalized spacial score (nSPS) is 11.3. The predicted molar refractivity (Wildman–Crippen MR) is 219 cm³/mol. The van der Waals surface area contributed by atoms with E-state index in [1.165, 1.54) is 41.1 Å². The lowest BCUT2D eigenvalue weighted by Gasteiger charge is -2.23. The van der Waals surface area contributed by atoms with Crippen LogP contribution in [-0.4, -0.2) is 59.6 Å². The Hall–Kier alpha value is -6.78. The molecule has 0 unspecified atom stereocenters. The summed E-state index contributed by atoms with van der Waals surface area (Å²) in [4.78, 5) is 31.6. The van der Waals surface area contributed by atoms with Crippen LogP contribution in [0.2, 0.25) is 10.0 Å². The van der Waals surface area contributed by atoms with Crippen molar-refractivity contribution in [2.75, 3.05) is 44.2 Å². The summed E-state index contributed by atoms with van der Waals surface area (Å²) < 4.78 is 39.9. The van der Waals surface area contributed by atoms with Crippen molar-refractivity contribution < 1.29 is 37.7 Å². The van der Waals surface area contributed by atoms with Gasteiger partial charge in [0.2, 0.25) is 11.8 Å². The fourth-order valence-electron chi connectivity index (χ4n) is 5.65. The molecule has 0 radical (unpaired) electrons. The van der Waals surface area contributed by atoms with Gasteiger partial charge in [-0.15, -0.1) is 0 Å². The Morgan fingerprint density at radius 1 is 0.655 bits per heavy atom. The van der Waals surface area contributed by atoms with Gasteiger partial charge in [0.15, 0.2) is 28.8 Å². The number of urea groups is 1. The summed E-state index contributed by atoms with van der Waals surface area (Å²) in [7, 11) is 6.13. The molecular weight excluding hydrogens is 791 g/mol. The van der Waals surface area contributed by atoms with Gasteiger partial charge in [0.1, 0.15) is 29.9 Å². The number of hydrogen-bond acceptors (Lipinski definition) is 14. The number of anilines is 3. The van der Waals surface area contributed by atoms with E-state index in [1.54, 1.807) is 66.7 Å². The van der Waals surface area contributed by atoms with Crippen LogP contribution in [0.1, 0.15) is 26.5 Å². The highest BCUT2D eigenvalue weighted by atomic mass is 35.5. The van der Waals surface area contributed by atoms with Crippen LogP contribution in [0, 0.1) is 0 Å². The van der Waals surface area contributed by atoms with Gasteiger partial charge in [0.05, 0.1) is 71.7 Å². The van der Waals surface area contributed by atoms with Gasteiger partial charge in [-0.05, 0) is 36.4 Å². The zero-order valence-corrected chi connectivity index (χ0v) is 33.7. The van der Waals surface area contributed by atoms with E-state index in [0.717, 1.165) is 5.01 Å². The maximum absolute atomic E-state index is 14.3. The first kappa shape index (κ1) is 39.5. The molecule has 3 heterocycles. The summed E-state index contributed by atoms with van der Waals surface area (Å²) >= 11 is 13.3. The minimum Gasteiger partial charge on any atom is -0.493 e. The summed E-state index contributed by atoms with van der Waals surface area (Å²) in [6.07, 6.45) is 2.74. The molecule has 7 aromatic rings. The monoisotopic (exact) mass is 826 g/mol. The first-order valence-electron chi connectivity index (χ1n) is 17.4. The van der Waals surface area contributed by atoms with E-state index in [0.29, 0.717) is 62.1 Å². The number of aromatic nitrogens is 5. The van der Waals surface area contributed by atoms with Crippen LogP contribution in [0.3, 0.4) is 0 Å². The number of amides is 2. The molecule has 0 saturated carbocycles. The lowest BCUT2D eigenvalue weighted by molar-refractivity contribution is 0.257. The molecule has 2 N–H and O–H groups in total. The largest absolute Gasteiger partial charge is 0.493 e. The number of halogens is 2. The highest BCUT2D eigenvalue weighted by Crippen LogP contribution is 2.39. The van der Waals surface area contributed by atoms with Crippen molar-refractivity contribution in [3.05, 3.63) is 95.2 Å². The maximum Gasteiger partial charge on any atom is 0.346 e. The number of ether oxygens (including phenoxy) is 6. The third kappa shape index (κ3) is 8.19. The summed E-state index contributed by atoms with van der Waals surface area (Å²) in [6, 6.07) is 17.4. The summed E-state index contributed by atoms with van der Waals surface area (Å²) in [5, 5.41) is 9.77. The highest BCUT2D eigenvalue weighted by molar-refractivity contribution is 6.34. The number of methoxy groups -OCH3 is 4. The second kappa shape index (κ2) is 16.4. The first-order chi connectivity index (χ1) is 27.9. The van der Waals surface area contributed by atoms with Crippen molar-refractivity contribution in [1.29, 1.82) is 0 Å². The van der Waals surface area contributed by atoms with Crippen LogP contribution < -0.4 is 44.2 Å². The molecular formula is C40H36Cl2N8O8. The van der Waals surface area contributed by atoms with E-state index >= 15 is 0 Å². The van der Waals surface area contributed by atoms with Crippen molar-refractivity contribution in [3.63, 3.8) is 0 Å². The Balaban J connectivity index is 1.19. The number of rotatable bonds is 12. The van der Waals surface area contributed by atoms with Gasteiger partial charge >= 0.3 is 6.03 Å². The fourth-order valence-corrected chi connectivity index (χ4v) is 5.97. The molecule has 0 bridgehead atoms. The minimum atomic E-state index is -0.706. The molecule has 7 rings (SSSR count). The molecule has 18 heteroatoms. The number of fused-ring (bicyclic) bond motifs is 2. The first-order valence-corrected chi connectivity index (χ1v) is 18.2. The van der Waals surface area contributed by atoms with E-state index in [4.69, 9.17) is 56.1 Å². The topological polar surface area (TPSA) is 177 Å². The van der Waals surface area contributed by atoms with Gasteiger partial charge in [0, 0.05) is 35.7 Å². The average Bonchev–Trinajstić information content (AvgIpc) is 3.72. The molecule has 298 valence electrons. The Morgan fingerprint density at radius 2 is 1.14 bits per heavy atom. The van der Waals surface area contributed by atoms with Gasteiger partial charge in [0.25, 0.3) is 0 Å². The number of nitrogens with zero attached hydrogens (tertiary/aromatic N) is 6. The van der Waals surface area contributed by atoms with Crippen LogP contribution in [0.25, 0.3) is 21.8 Å². The fraction of sp³-hybridized carbons (Fsp3) is 0.200. The molecule has 0 aliphatic carbocycles. The highest BCUT2D eigenvalue weighted by Gasteiger charge is 2.27. The van der Waals surface area contributed by atoms with Crippen LogP contribution >= 0.6 is 23.2 Å². The van der Waals surface area contributed by atoms with Gasteiger partial charge in [-0.25, -0.2) is 24.7 Å². The predicted octanol–water partition coefficient (Wildman–Crippen LogP) is 9.85. The smallest absolute Gasteiger partial charge is 0.346 e. The van der Waals surface area contributed by atoms with Crippen molar-refractivity contribution >= 4 is 68.2 Å². The van der Waals surface area contributed by atoms with E-state index < -0.39 is 11.4 Å². The minimum absolute atomic E-state index is 0.119. The molecule has 16 nitrogen and oxygen atoms in total. The van der Waals surface area contributed by atoms with Crippen molar-refractivity contribution in [1.82, 2.24) is 25.1 Å².